The van der Waals surface area contributed by atoms with Gasteiger partial charge < -0.3 is 9.47 Å². The molecule has 28 heavy (non-hydrogen) atoms. The number of amides is 2. The molecule has 10 heteroatoms. The summed E-state index contributed by atoms with van der Waals surface area (Å²) in [5.41, 5.74) is 0.582. The molecule has 148 valence electrons. The molecule has 0 radical (unpaired) electrons. The van der Waals surface area contributed by atoms with E-state index >= 15 is 0 Å². The molecule has 1 heterocycles. The van der Waals surface area contributed by atoms with Crippen LogP contribution >= 0.6 is 11.6 Å². The number of nitrogens with zero attached hydrogens (tertiary/aromatic N) is 1. The number of hydrogen-bond acceptors (Lipinski definition) is 6. The number of sulfonamides is 1. The first-order valence-electron chi connectivity index (χ1n) is 8.20. The standard InChI is InChI=1S/C18H17ClN2O6S/c1-26-16-8-7-13(9-14(16)19)28(24,25)20-15(12-5-3-2-4-6-12)10-21-17(22)11-27-18(21)23/h2-9,15,20H,10-11H2,1H3/t15-/m0/s1. The van der Waals surface area contributed by atoms with Gasteiger partial charge in [-0.15, -0.1) is 0 Å². The zero-order valence-corrected chi connectivity index (χ0v) is 16.4. The molecule has 0 aliphatic carbocycles. The number of imide groups is 1. The molecular weight excluding hydrogens is 408 g/mol. The van der Waals surface area contributed by atoms with Crippen LogP contribution in [0.5, 0.6) is 5.75 Å². The van der Waals surface area contributed by atoms with Crippen molar-refractivity contribution < 1.29 is 27.5 Å². The van der Waals surface area contributed by atoms with Gasteiger partial charge in [-0.1, -0.05) is 41.9 Å². The summed E-state index contributed by atoms with van der Waals surface area (Å²) in [4.78, 5) is 24.5. The second-order valence-corrected chi connectivity index (χ2v) is 8.06. The summed E-state index contributed by atoms with van der Waals surface area (Å²) >= 11 is 6.03. The second kappa shape index (κ2) is 8.17. The van der Waals surface area contributed by atoms with Crippen molar-refractivity contribution >= 4 is 33.6 Å². The zero-order chi connectivity index (χ0) is 20.3. The number of halogens is 1. The Morgan fingerprint density at radius 1 is 1.21 bits per heavy atom. The largest absolute Gasteiger partial charge is 0.495 e. The molecule has 2 amide bonds. The van der Waals surface area contributed by atoms with E-state index in [1.165, 1.54) is 25.3 Å². The summed E-state index contributed by atoms with van der Waals surface area (Å²) < 4.78 is 38.0. The predicted octanol–water partition coefficient (Wildman–Crippen LogP) is 2.35. The monoisotopic (exact) mass is 424 g/mol. The lowest BCUT2D eigenvalue weighted by Gasteiger charge is -2.23. The van der Waals surface area contributed by atoms with Crippen molar-refractivity contribution in [3.8, 4) is 5.75 Å². The fraction of sp³-hybridized carbons (Fsp3) is 0.222. The highest BCUT2D eigenvalue weighted by atomic mass is 35.5. The molecule has 0 aromatic heterocycles. The van der Waals surface area contributed by atoms with Gasteiger partial charge in [0.05, 0.1) is 29.6 Å². The fourth-order valence-corrected chi connectivity index (χ4v) is 4.27. The van der Waals surface area contributed by atoms with Crippen LogP contribution in [0.4, 0.5) is 4.79 Å². The average Bonchev–Trinajstić information content (AvgIpc) is 3.00. The number of cyclic esters (lactones) is 1. The summed E-state index contributed by atoms with van der Waals surface area (Å²) in [6.07, 6.45) is -0.808. The van der Waals surface area contributed by atoms with E-state index in [0.717, 1.165) is 4.90 Å². The molecule has 1 atom stereocenters. The van der Waals surface area contributed by atoms with Crippen LogP contribution in [0.3, 0.4) is 0 Å². The average molecular weight is 425 g/mol. The first kappa shape index (κ1) is 20.1. The third-order valence-corrected chi connectivity index (χ3v) is 5.90. The van der Waals surface area contributed by atoms with Crippen LogP contribution in [-0.2, 0) is 19.6 Å². The Kier molecular flexibility index (Phi) is 5.87. The number of ether oxygens (including phenoxy) is 2. The number of carbonyl (C=O) groups is 2. The SMILES string of the molecule is COc1ccc(S(=O)(=O)N[C@@H](CN2C(=O)COC2=O)c2ccccc2)cc1Cl. The molecule has 1 aliphatic rings. The molecule has 1 saturated heterocycles. The van der Waals surface area contributed by atoms with Gasteiger partial charge in [-0.25, -0.2) is 22.8 Å². The molecule has 2 aromatic carbocycles. The molecule has 0 bridgehead atoms. The molecule has 3 rings (SSSR count). The zero-order valence-electron chi connectivity index (χ0n) is 14.8. The van der Waals surface area contributed by atoms with Crippen molar-refractivity contribution in [3.05, 3.63) is 59.1 Å². The quantitative estimate of drug-likeness (QED) is 0.732. The second-order valence-electron chi connectivity index (χ2n) is 5.94. The molecule has 1 aliphatic heterocycles. The van der Waals surface area contributed by atoms with Crippen LogP contribution in [0, 0.1) is 0 Å². The van der Waals surface area contributed by atoms with Crippen molar-refractivity contribution in [3.63, 3.8) is 0 Å². The van der Waals surface area contributed by atoms with Crippen molar-refractivity contribution in [2.75, 3.05) is 20.3 Å². The van der Waals surface area contributed by atoms with E-state index < -0.39 is 28.1 Å². The molecular formula is C18H17ClN2O6S. The Bertz CT molecular complexity index is 980. The molecule has 8 nitrogen and oxygen atoms in total. The van der Waals surface area contributed by atoms with Gasteiger partial charge in [-0.2, -0.15) is 0 Å². The molecule has 0 unspecified atom stereocenters. The van der Waals surface area contributed by atoms with Crippen LogP contribution in [0.1, 0.15) is 11.6 Å². The van der Waals surface area contributed by atoms with E-state index in [9.17, 15) is 18.0 Å². The lowest BCUT2D eigenvalue weighted by Crippen LogP contribution is -2.40. The highest BCUT2D eigenvalue weighted by Crippen LogP contribution is 2.28. The van der Waals surface area contributed by atoms with E-state index in [-0.39, 0.29) is 23.1 Å². The molecule has 0 saturated carbocycles. The summed E-state index contributed by atoms with van der Waals surface area (Å²) in [5, 5.41) is 0.139. The predicted molar refractivity (Wildman–Crippen MR) is 101 cm³/mol. The van der Waals surface area contributed by atoms with Gasteiger partial charge in [0.25, 0.3) is 5.91 Å². The van der Waals surface area contributed by atoms with E-state index in [2.05, 4.69) is 4.72 Å². The van der Waals surface area contributed by atoms with E-state index in [0.29, 0.717) is 11.3 Å². The molecule has 1 fully saturated rings. The van der Waals surface area contributed by atoms with E-state index in [4.69, 9.17) is 21.1 Å². The third kappa shape index (κ3) is 4.27. The van der Waals surface area contributed by atoms with Gasteiger partial charge >= 0.3 is 6.09 Å². The first-order valence-corrected chi connectivity index (χ1v) is 10.1. The number of nitrogens with one attached hydrogen (secondary N) is 1. The maximum atomic E-state index is 12.9. The first-order chi connectivity index (χ1) is 13.3. The number of hydrogen-bond donors (Lipinski definition) is 1. The van der Waals surface area contributed by atoms with Crippen LogP contribution in [0.2, 0.25) is 5.02 Å². The number of benzene rings is 2. The summed E-state index contributed by atoms with van der Waals surface area (Å²) in [6, 6.07) is 11.8. The summed E-state index contributed by atoms with van der Waals surface area (Å²) in [6.45, 7) is -0.564. The van der Waals surface area contributed by atoms with Crippen LogP contribution < -0.4 is 9.46 Å². The molecule has 0 spiro atoms. The smallest absolute Gasteiger partial charge is 0.417 e. The van der Waals surface area contributed by atoms with Crippen molar-refractivity contribution in [2.45, 2.75) is 10.9 Å². The minimum absolute atomic E-state index is 0.0745. The Balaban J connectivity index is 1.91. The lowest BCUT2D eigenvalue weighted by molar-refractivity contribution is -0.126. The topological polar surface area (TPSA) is 102 Å². The fourth-order valence-electron chi connectivity index (χ4n) is 2.71. The van der Waals surface area contributed by atoms with Gasteiger partial charge in [0.1, 0.15) is 5.75 Å². The van der Waals surface area contributed by atoms with Crippen LogP contribution in [-0.4, -0.2) is 45.6 Å². The van der Waals surface area contributed by atoms with Gasteiger partial charge in [0.15, 0.2) is 6.61 Å². The number of carbonyl (C=O) groups excluding carboxylic acids is 2. The van der Waals surface area contributed by atoms with Crippen molar-refractivity contribution in [1.82, 2.24) is 9.62 Å². The van der Waals surface area contributed by atoms with Crippen molar-refractivity contribution in [1.29, 1.82) is 0 Å². The third-order valence-electron chi connectivity index (χ3n) is 4.14. The Morgan fingerprint density at radius 2 is 1.93 bits per heavy atom. The number of rotatable bonds is 7. The lowest BCUT2D eigenvalue weighted by atomic mass is 10.1. The summed E-state index contributed by atoms with van der Waals surface area (Å²) in [7, 11) is -2.59. The van der Waals surface area contributed by atoms with Gasteiger partial charge in [-0.3, -0.25) is 4.79 Å². The van der Waals surface area contributed by atoms with E-state index in [1.54, 1.807) is 30.3 Å². The molecule has 2 aromatic rings. The van der Waals surface area contributed by atoms with Crippen molar-refractivity contribution in [2.24, 2.45) is 0 Å². The minimum Gasteiger partial charge on any atom is -0.495 e. The normalized spacial score (nSPS) is 15.4. The maximum Gasteiger partial charge on any atom is 0.417 e. The van der Waals surface area contributed by atoms with Crippen LogP contribution in [0.15, 0.2) is 53.4 Å². The van der Waals surface area contributed by atoms with Gasteiger partial charge in [0, 0.05) is 0 Å². The maximum absolute atomic E-state index is 12.9. The van der Waals surface area contributed by atoms with E-state index in [1.807, 2.05) is 0 Å². The van der Waals surface area contributed by atoms with Gasteiger partial charge in [-0.05, 0) is 23.8 Å². The van der Waals surface area contributed by atoms with Gasteiger partial charge in [0.2, 0.25) is 10.0 Å². The highest BCUT2D eigenvalue weighted by Gasteiger charge is 2.34. The Morgan fingerprint density at radius 3 is 2.50 bits per heavy atom. The minimum atomic E-state index is -4.01. The Hall–Kier alpha value is -2.62. The Labute approximate surface area is 167 Å². The van der Waals surface area contributed by atoms with Crippen LogP contribution in [0.25, 0.3) is 0 Å². The summed E-state index contributed by atoms with van der Waals surface area (Å²) in [5.74, 6) is -0.191. The number of methoxy groups -OCH3 is 1. The highest BCUT2D eigenvalue weighted by molar-refractivity contribution is 7.89. The molecule has 1 N–H and O–H groups in total.